The van der Waals surface area contributed by atoms with Crippen molar-refractivity contribution in [1.82, 2.24) is 4.90 Å². The second kappa shape index (κ2) is 6.87. The molecule has 0 aliphatic carbocycles. The topological polar surface area (TPSA) is 104 Å². The average molecular weight is 290 g/mol. The summed E-state index contributed by atoms with van der Waals surface area (Å²) in [5.41, 5.74) is -1.97. The summed E-state index contributed by atoms with van der Waals surface area (Å²) in [6.45, 7) is -1.35. The molecule has 20 heavy (non-hydrogen) atoms. The number of nitro benzene ring substituents is 1. The van der Waals surface area contributed by atoms with Gasteiger partial charge in [0.05, 0.1) is 29.8 Å². The highest BCUT2D eigenvalue weighted by Gasteiger charge is 2.26. The van der Waals surface area contributed by atoms with Gasteiger partial charge in [-0.1, -0.05) is 0 Å². The molecule has 0 aromatic heterocycles. The number of aliphatic hydroxyl groups is 2. The first-order chi connectivity index (χ1) is 9.42. The number of halogens is 2. The van der Waals surface area contributed by atoms with Crippen LogP contribution in [0.1, 0.15) is 10.4 Å². The number of rotatable bonds is 6. The van der Waals surface area contributed by atoms with Crippen LogP contribution >= 0.6 is 0 Å². The molecule has 0 spiro atoms. The first-order valence-electron chi connectivity index (χ1n) is 5.56. The number of amides is 1. The van der Waals surface area contributed by atoms with Crippen LogP contribution in [0.25, 0.3) is 0 Å². The van der Waals surface area contributed by atoms with E-state index in [2.05, 4.69) is 0 Å². The molecule has 0 aliphatic rings. The van der Waals surface area contributed by atoms with E-state index >= 15 is 0 Å². The van der Waals surface area contributed by atoms with Crippen LogP contribution in [0.2, 0.25) is 0 Å². The molecule has 1 aromatic carbocycles. The molecule has 0 aliphatic heterocycles. The molecule has 0 saturated heterocycles. The molecule has 0 atom stereocenters. The van der Waals surface area contributed by atoms with Gasteiger partial charge in [0, 0.05) is 13.1 Å². The minimum atomic E-state index is -1.46. The fourth-order valence-electron chi connectivity index (χ4n) is 1.59. The maximum atomic E-state index is 13.8. The zero-order valence-electron chi connectivity index (χ0n) is 10.3. The summed E-state index contributed by atoms with van der Waals surface area (Å²) in [6, 6.07) is 0.904. The fourth-order valence-corrected chi connectivity index (χ4v) is 1.59. The van der Waals surface area contributed by atoms with Gasteiger partial charge in [0.15, 0.2) is 0 Å². The van der Waals surface area contributed by atoms with Crippen LogP contribution in [0.5, 0.6) is 0 Å². The van der Waals surface area contributed by atoms with Crippen LogP contribution in [0.15, 0.2) is 12.1 Å². The smallest absolute Gasteiger partial charge is 0.308 e. The van der Waals surface area contributed by atoms with Crippen molar-refractivity contribution >= 4 is 11.6 Å². The van der Waals surface area contributed by atoms with E-state index in [1.165, 1.54) is 0 Å². The Morgan fingerprint density at radius 2 is 1.80 bits per heavy atom. The van der Waals surface area contributed by atoms with Crippen molar-refractivity contribution < 1.29 is 28.7 Å². The molecule has 1 rings (SSSR count). The molecule has 1 amide bonds. The number of aliphatic hydroxyl groups excluding tert-OH is 2. The van der Waals surface area contributed by atoms with Crippen molar-refractivity contribution in [3.8, 4) is 0 Å². The molecule has 0 bridgehead atoms. The number of carbonyl (C=O) groups is 1. The lowest BCUT2D eigenvalue weighted by atomic mass is 10.1. The monoisotopic (exact) mass is 290 g/mol. The van der Waals surface area contributed by atoms with Gasteiger partial charge in [-0.3, -0.25) is 14.9 Å². The minimum absolute atomic E-state index is 0.219. The average Bonchev–Trinajstić information content (AvgIpc) is 2.39. The van der Waals surface area contributed by atoms with Crippen molar-refractivity contribution in [3.05, 3.63) is 39.4 Å². The second-order valence-electron chi connectivity index (χ2n) is 3.78. The molecule has 0 unspecified atom stereocenters. The predicted molar refractivity (Wildman–Crippen MR) is 63.1 cm³/mol. The number of nitrogens with zero attached hydrogens (tertiary/aromatic N) is 2. The molecular weight excluding hydrogens is 278 g/mol. The van der Waals surface area contributed by atoms with Gasteiger partial charge in [-0.05, 0) is 6.07 Å². The van der Waals surface area contributed by atoms with Crippen LogP contribution < -0.4 is 0 Å². The molecule has 0 radical (unpaired) electrons. The molecule has 2 N–H and O–H groups in total. The van der Waals surface area contributed by atoms with Crippen LogP contribution in [0.4, 0.5) is 14.5 Å². The van der Waals surface area contributed by atoms with Crippen molar-refractivity contribution in [2.24, 2.45) is 0 Å². The standard InChI is InChI=1S/C11H12F2N2O5/c12-7-5-8(10(13)9(6-7)15(19)20)11(18)14(1-3-16)2-4-17/h5-6,16-17H,1-4H2. The number of hydrogen-bond acceptors (Lipinski definition) is 5. The highest BCUT2D eigenvalue weighted by molar-refractivity contribution is 5.95. The first kappa shape index (κ1) is 15.9. The zero-order chi connectivity index (χ0) is 15.3. The lowest BCUT2D eigenvalue weighted by molar-refractivity contribution is -0.387. The largest absolute Gasteiger partial charge is 0.395 e. The van der Waals surface area contributed by atoms with Gasteiger partial charge < -0.3 is 15.1 Å². The van der Waals surface area contributed by atoms with E-state index in [-0.39, 0.29) is 13.1 Å². The normalized spacial score (nSPS) is 10.4. The summed E-state index contributed by atoms with van der Waals surface area (Å²) in [6.07, 6.45) is 0. The predicted octanol–water partition coefficient (Wildman–Crippen LogP) is 0.300. The van der Waals surface area contributed by atoms with E-state index < -0.39 is 46.9 Å². The van der Waals surface area contributed by atoms with Crippen LogP contribution in [0.3, 0.4) is 0 Å². The van der Waals surface area contributed by atoms with Crippen molar-refractivity contribution in [2.45, 2.75) is 0 Å². The van der Waals surface area contributed by atoms with Crippen LogP contribution in [-0.4, -0.2) is 52.2 Å². The van der Waals surface area contributed by atoms with E-state index in [0.29, 0.717) is 12.1 Å². The SMILES string of the molecule is O=C(c1cc(F)cc([N+](=O)[O-])c1F)N(CCO)CCO. The Morgan fingerprint density at radius 1 is 1.25 bits per heavy atom. The van der Waals surface area contributed by atoms with Gasteiger partial charge in [-0.2, -0.15) is 4.39 Å². The molecule has 0 heterocycles. The van der Waals surface area contributed by atoms with E-state index in [9.17, 15) is 23.7 Å². The molecule has 7 nitrogen and oxygen atoms in total. The van der Waals surface area contributed by atoms with Gasteiger partial charge in [0.1, 0.15) is 5.82 Å². The number of nitro groups is 1. The molecular formula is C11H12F2N2O5. The second-order valence-corrected chi connectivity index (χ2v) is 3.78. The third kappa shape index (κ3) is 3.45. The lowest BCUT2D eigenvalue weighted by Gasteiger charge is -2.20. The van der Waals surface area contributed by atoms with Gasteiger partial charge in [-0.15, -0.1) is 0 Å². The summed E-state index contributed by atoms with van der Waals surface area (Å²) >= 11 is 0. The summed E-state index contributed by atoms with van der Waals surface area (Å²) in [7, 11) is 0. The molecule has 0 fully saturated rings. The lowest BCUT2D eigenvalue weighted by Crippen LogP contribution is -2.36. The zero-order valence-corrected chi connectivity index (χ0v) is 10.3. The van der Waals surface area contributed by atoms with Crippen molar-refractivity contribution in [3.63, 3.8) is 0 Å². The summed E-state index contributed by atoms with van der Waals surface area (Å²) < 4.78 is 27.0. The number of carbonyl (C=O) groups excluding carboxylic acids is 1. The van der Waals surface area contributed by atoms with Crippen LogP contribution in [0, 0.1) is 21.7 Å². The van der Waals surface area contributed by atoms with Crippen molar-refractivity contribution in [2.75, 3.05) is 26.3 Å². The Hall–Kier alpha value is -2.13. The Balaban J connectivity index is 3.23. The number of benzene rings is 1. The summed E-state index contributed by atoms with van der Waals surface area (Å²) in [5.74, 6) is -3.63. The van der Waals surface area contributed by atoms with E-state index in [0.717, 1.165) is 4.90 Å². The maximum Gasteiger partial charge on any atom is 0.308 e. The number of hydrogen-bond donors (Lipinski definition) is 2. The van der Waals surface area contributed by atoms with Gasteiger partial charge >= 0.3 is 5.69 Å². The van der Waals surface area contributed by atoms with E-state index in [1.54, 1.807) is 0 Å². The highest BCUT2D eigenvalue weighted by Crippen LogP contribution is 2.23. The Kier molecular flexibility index (Phi) is 5.47. The highest BCUT2D eigenvalue weighted by atomic mass is 19.1. The van der Waals surface area contributed by atoms with Crippen LogP contribution in [-0.2, 0) is 0 Å². The third-order valence-electron chi connectivity index (χ3n) is 2.47. The van der Waals surface area contributed by atoms with Gasteiger partial charge in [-0.25, -0.2) is 4.39 Å². The Morgan fingerprint density at radius 3 is 2.25 bits per heavy atom. The molecule has 110 valence electrons. The van der Waals surface area contributed by atoms with Gasteiger partial charge in [0.2, 0.25) is 5.82 Å². The molecule has 0 saturated carbocycles. The summed E-state index contributed by atoms with van der Waals surface area (Å²) in [5, 5.41) is 28.1. The Bertz CT molecular complexity index is 518. The molecule has 1 aromatic rings. The van der Waals surface area contributed by atoms with Gasteiger partial charge in [0.25, 0.3) is 5.91 Å². The molecule has 9 heteroatoms. The van der Waals surface area contributed by atoms with Crippen molar-refractivity contribution in [1.29, 1.82) is 0 Å². The maximum absolute atomic E-state index is 13.8. The quantitative estimate of drug-likeness (QED) is 0.579. The first-order valence-corrected chi connectivity index (χ1v) is 5.56. The summed E-state index contributed by atoms with van der Waals surface area (Å²) in [4.78, 5) is 22.2. The minimum Gasteiger partial charge on any atom is -0.395 e. The fraction of sp³-hybridized carbons (Fsp3) is 0.364. The third-order valence-corrected chi connectivity index (χ3v) is 2.47. The Labute approximate surface area is 112 Å². The van der Waals surface area contributed by atoms with E-state index in [4.69, 9.17) is 10.2 Å². The van der Waals surface area contributed by atoms with E-state index in [1.807, 2.05) is 0 Å².